The van der Waals surface area contributed by atoms with Crippen molar-refractivity contribution in [1.82, 2.24) is 15.1 Å². The molecule has 0 fully saturated rings. The van der Waals surface area contributed by atoms with Crippen LogP contribution in [0.4, 0.5) is 10.5 Å². The van der Waals surface area contributed by atoms with Gasteiger partial charge in [-0.1, -0.05) is 29.8 Å². The van der Waals surface area contributed by atoms with E-state index in [0.29, 0.717) is 33.8 Å². The van der Waals surface area contributed by atoms with Gasteiger partial charge in [-0.2, -0.15) is 0 Å². The van der Waals surface area contributed by atoms with E-state index in [0.717, 1.165) is 0 Å². The molecule has 0 radical (unpaired) electrons. The zero-order valence-electron chi connectivity index (χ0n) is 15.8. The highest BCUT2D eigenvalue weighted by atomic mass is 35.5. The van der Waals surface area contributed by atoms with E-state index in [-0.39, 0.29) is 18.6 Å². The number of anilines is 1. The lowest BCUT2D eigenvalue weighted by Gasteiger charge is -2.25. The first-order valence-electron chi connectivity index (χ1n) is 8.77. The third kappa shape index (κ3) is 4.61. The first-order chi connectivity index (χ1) is 13.5. The number of nitrogens with one attached hydrogen (secondary N) is 1. The summed E-state index contributed by atoms with van der Waals surface area (Å²) >= 11 is 6.18. The Morgan fingerprint density at radius 3 is 2.71 bits per heavy atom. The van der Waals surface area contributed by atoms with Crippen molar-refractivity contribution < 1.29 is 13.9 Å². The fourth-order valence-corrected chi connectivity index (χ4v) is 2.81. The van der Waals surface area contributed by atoms with Gasteiger partial charge in [0.05, 0.1) is 17.7 Å². The minimum atomic E-state index is -0.277. The summed E-state index contributed by atoms with van der Waals surface area (Å²) in [6.07, 6.45) is 0. The number of carbonyl (C=O) groups excluding carboxylic acids is 1. The molecule has 0 aliphatic rings. The summed E-state index contributed by atoms with van der Waals surface area (Å²) < 4.78 is 10.9. The molecule has 28 heavy (non-hydrogen) atoms. The molecular formula is C20H21ClN4O3. The predicted molar refractivity (Wildman–Crippen MR) is 107 cm³/mol. The van der Waals surface area contributed by atoms with Crippen LogP contribution in [-0.2, 0) is 6.54 Å². The summed E-state index contributed by atoms with van der Waals surface area (Å²) in [5.41, 5.74) is 1.29. The van der Waals surface area contributed by atoms with E-state index in [9.17, 15) is 4.79 Å². The Morgan fingerprint density at radius 1 is 1.21 bits per heavy atom. The molecule has 8 heteroatoms. The Hall–Kier alpha value is -3.06. The summed E-state index contributed by atoms with van der Waals surface area (Å²) in [4.78, 5) is 14.4. The molecule has 146 valence electrons. The van der Waals surface area contributed by atoms with E-state index >= 15 is 0 Å². The number of nitrogens with zero attached hydrogens (tertiary/aromatic N) is 3. The Morgan fingerprint density at radius 2 is 2.00 bits per heavy atom. The number of rotatable bonds is 6. The lowest BCUT2D eigenvalue weighted by atomic mass is 10.2. The van der Waals surface area contributed by atoms with Crippen LogP contribution < -0.4 is 10.1 Å². The van der Waals surface area contributed by atoms with E-state index in [1.54, 1.807) is 36.3 Å². The molecule has 1 aromatic heterocycles. The van der Waals surface area contributed by atoms with Gasteiger partial charge in [0.25, 0.3) is 0 Å². The van der Waals surface area contributed by atoms with Crippen LogP contribution in [0.15, 0.2) is 52.9 Å². The predicted octanol–water partition coefficient (Wildman–Crippen LogP) is 4.84. The smallest absolute Gasteiger partial charge is 0.322 e. The molecule has 3 aromatic rings. The second kappa shape index (κ2) is 8.75. The molecule has 0 atom stereocenters. The fourth-order valence-electron chi connectivity index (χ4n) is 2.59. The summed E-state index contributed by atoms with van der Waals surface area (Å²) in [7, 11) is 1.58. The maximum Gasteiger partial charge on any atom is 0.322 e. The van der Waals surface area contributed by atoms with Crippen LogP contribution in [0.1, 0.15) is 19.7 Å². The average molecular weight is 401 g/mol. The van der Waals surface area contributed by atoms with Crippen molar-refractivity contribution in [2.24, 2.45) is 0 Å². The van der Waals surface area contributed by atoms with Crippen LogP contribution in [0, 0.1) is 0 Å². The van der Waals surface area contributed by atoms with Crippen molar-refractivity contribution in [1.29, 1.82) is 0 Å². The Kier molecular flexibility index (Phi) is 6.16. The standard InChI is InChI=1S/C20H21ClN4O3/c1-13(2)25(20(26)22-14-7-6-8-15(11-14)27-3)12-18-23-24-19(28-18)16-9-4-5-10-17(16)21/h4-11,13H,12H2,1-3H3,(H,22,26). The van der Waals surface area contributed by atoms with Crippen molar-refractivity contribution in [2.75, 3.05) is 12.4 Å². The van der Waals surface area contributed by atoms with Crippen LogP contribution >= 0.6 is 11.6 Å². The lowest BCUT2D eigenvalue weighted by Crippen LogP contribution is -2.39. The normalized spacial score (nSPS) is 10.8. The molecule has 2 amide bonds. The van der Waals surface area contributed by atoms with Gasteiger partial charge < -0.3 is 19.4 Å². The molecule has 0 aliphatic heterocycles. The monoisotopic (exact) mass is 400 g/mol. The highest BCUT2D eigenvalue weighted by Crippen LogP contribution is 2.26. The number of methoxy groups -OCH3 is 1. The molecule has 1 N–H and O–H groups in total. The number of benzene rings is 2. The number of hydrogen-bond acceptors (Lipinski definition) is 5. The number of hydrogen-bond donors (Lipinski definition) is 1. The summed E-state index contributed by atoms with van der Waals surface area (Å²) in [6, 6.07) is 14.0. The third-order valence-electron chi connectivity index (χ3n) is 4.08. The maximum atomic E-state index is 12.8. The molecule has 3 rings (SSSR count). The van der Waals surface area contributed by atoms with Crippen LogP contribution in [0.5, 0.6) is 5.75 Å². The topological polar surface area (TPSA) is 80.5 Å². The number of carbonyl (C=O) groups is 1. The number of aromatic nitrogens is 2. The van der Waals surface area contributed by atoms with E-state index in [2.05, 4.69) is 15.5 Å². The number of amides is 2. The van der Waals surface area contributed by atoms with Crippen LogP contribution in [0.2, 0.25) is 5.02 Å². The second-order valence-electron chi connectivity index (χ2n) is 6.36. The number of halogens is 1. The van der Waals surface area contributed by atoms with E-state index < -0.39 is 0 Å². The molecule has 0 unspecified atom stereocenters. The molecule has 2 aromatic carbocycles. The number of ether oxygens (including phenoxy) is 1. The molecule has 0 aliphatic carbocycles. The largest absolute Gasteiger partial charge is 0.497 e. The van der Waals surface area contributed by atoms with Gasteiger partial charge in [0.2, 0.25) is 11.8 Å². The van der Waals surface area contributed by atoms with Crippen LogP contribution in [-0.4, -0.2) is 34.3 Å². The van der Waals surface area contributed by atoms with Crippen molar-refractivity contribution in [3.05, 3.63) is 59.4 Å². The van der Waals surface area contributed by atoms with Crippen molar-refractivity contribution >= 4 is 23.3 Å². The fraction of sp³-hybridized carbons (Fsp3) is 0.250. The molecule has 7 nitrogen and oxygen atoms in total. The summed E-state index contributed by atoms with van der Waals surface area (Å²) in [5, 5.41) is 11.5. The van der Waals surface area contributed by atoms with Gasteiger partial charge in [0.1, 0.15) is 12.3 Å². The molecule has 0 bridgehead atoms. The second-order valence-corrected chi connectivity index (χ2v) is 6.77. The molecule has 0 saturated heterocycles. The van der Waals surface area contributed by atoms with E-state index in [4.69, 9.17) is 20.8 Å². The van der Waals surface area contributed by atoms with Crippen molar-refractivity contribution in [3.63, 3.8) is 0 Å². The third-order valence-corrected chi connectivity index (χ3v) is 4.41. The van der Waals surface area contributed by atoms with Gasteiger partial charge in [-0.3, -0.25) is 0 Å². The van der Waals surface area contributed by atoms with Gasteiger partial charge in [-0.25, -0.2) is 4.79 Å². The molecule has 0 spiro atoms. The molecule has 1 heterocycles. The first kappa shape index (κ1) is 19.7. The summed E-state index contributed by atoms with van der Waals surface area (Å²) in [6.45, 7) is 4.00. The van der Waals surface area contributed by atoms with Crippen LogP contribution in [0.3, 0.4) is 0 Å². The highest BCUT2D eigenvalue weighted by Gasteiger charge is 2.21. The minimum Gasteiger partial charge on any atom is -0.497 e. The van der Waals surface area contributed by atoms with Crippen molar-refractivity contribution in [3.8, 4) is 17.2 Å². The van der Waals surface area contributed by atoms with Gasteiger partial charge in [0.15, 0.2) is 0 Å². The molecular weight excluding hydrogens is 380 g/mol. The van der Waals surface area contributed by atoms with E-state index in [1.165, 1.54) is 0 Å². The Balaban J connectivity index is 1.74. The van der Waals surface area contributed by atoms with Gasteiger partial charge in [-0.05, 0) is 38.1 Å². The van der Waals surface area contributed by atoms with Crippen molar-refractivity contribution in [2.45, 2.75) is 26.4 Å². The van der Waals surface area contributed by atoms with E-state index in [1.807, 2.05) is 38.1 Å². The lowest BCUT2D eigenvalue weighted by molar-refractivity contribution is 0.186. The average Bonchev–Trinajstić information content (AvgIpc) is 3.14. The van der Waals surface area contributed by atoms with Gasteiger partial charge >= 0.3 is 6.03 Å². The quantitative estimate of drug-likeness (QED) is 0.640. The van der Waals surface area contributed by atoms with Crippen LogP contribution in [0.25, 0.3) is 11.5 Å². The Bertz CT molecular complexity index is 958. The molecule has 0 saturated carbocycles. The minimum absolute atomic E-state index is 0.0822. The summed E-state index contributed by atoms with van der Waals surface area (Å²) in [5.74, 6) is 1.30. The SMILES string of the molecule is COc1cccc(NC(=O)N(Cc2nnc(-c3ccccc3Cl)o2)C(C)C)c1. The zero-order valence-corrected chi connectivity index (χ0v) is 16.6. The first-order valence-corrected chi connectivity index (χ1v) is 9.14. The Labute approximate surface area is 168 Å². The zero-order chi connectivity index (χ0) is 20.1. The van der Waals surface area contributed by atoms with Gasteiger partial charge in [-0.15, -0.1) is 10.2 Å². The van der Waals surface area contributed by atoms with Gasteiger partial charge in [0, 0.05) is 17.8 Å². The highest BCUT2D eigenvalue weighted by molar-refractivity contribution is 6.33. The maximum absolute atomic E-state index is 12.8. The number of urea groups is 1.